The van der Waals surface area contributed by atoms with Gasteiger partial charge in [-0.3, -0.25) is 0 Å². The molecule has 0 unspecified atom stereocenters. The van der Waals surface area contributed by atoms with Gasteiger partial charge in [-0.2, -0.15) is 5.10 Å². The minimum Gasteiger partial charge on any atom is -0.478 e. The highest BCUT2D eigenvalue weighted by atomic mass is 32.1. The summed E-state index contributed by atoms with van der Waals surface area (Å²) >= 11 is 1.43. The number of hydrogen-bond donors (Lipinski definition) is 2. The van der Waals surface area contributed by atoms with Crippen molar-refractivity contribution in [2.24, 2.45) is 10.9 Å². The van der Waals surface area contributed by atoms with E-state index in [1.54, 1.807) is 18.2 Å². The molecule has 3 rings (SSSR count). The Kier molecular flexibility index (Phi) is 3.37. The van der Waals surface area contributed by atoms with Crippen LogP contribution in [0.25, 0.3) is 10.2 Å². The van der Waals surface area contributed by atoms with E-state index in [2.05, 4.69) is 10.1 Å². The first-order valence-electron chi connectivity index (χ1n) is 6.17. The number of carboxylic acid groups (broad SMARTS) is 1. The molecule has 0 saturated heterocycles. The molecule has 0 amide bonds. The van der Waals surface area contributed by atoms with Crippen LogP contribution < -0.4 is 5.84 Å². The van der Waals surface area contributed by atoms with E-state index < -0.39 is 5.97 Å². The fourth-order valence-corrected chi connectivity index (χ4v) is 3.07. The van der Waals surface area contributed by atoms with E-state index in [-0.39, 0.29) is 5.56 Å². The fraction of sp³-hybridized carbons (Fsp3) is 0. The number of hydrazone groups is 1. The SMILES string of the molecule is N/N=C(/c1nc2ccccc2s1)c1ccccc1C(=O)O. The molecular weight excluding hydrogens is 286 g/mol. The van der Waals surface area contributed by atoms with Crippen LogP contribution in [0.5, 0.6) is 0 Å². The number of carbonyl (C=O) groups is 1. The molecular formula is C15H11N3O2S. The molecule has 0 aliphatic heterocycles. The summed E-state index contributed by atoms with van der Waals surface area (Å²) in [6, 6.07) is 14.3. The second-order valence-corrected chi connectivity index (χ2v) is 5.35. The third-order valence-corrected chi connectivity index (χ3v) is 4.08. The highest BCUT2D eigenvalue weighted by molar-refractivity contribution is 7.20. The molecule has 0 radical (unpaired) electrons. The van der Waals surface area contributed by atoms with Crippen LogP contribution in [0.3, 0.4) is 0 Å². The van der Waals surface area contributed by atoms with Crippen molar-refractivity contribution >= 4 is 33.2 Å². The molecule has 3 aromatic rings. The first kappa shape index (κ1) is 13.3. The summed E-state index contributed by atoms with van der Waals surface area (Å²) in [6.07, 6.45) is 0. The molecule has 0 aliphatic carbocycles. The van der Waals surface area contributed by atoms with E-state index in [9.17, 15) is 9.90 Å². The molecule has 3 N–H and O–H groups in total. The van der Waals surface area contributed by atoms with Gasteiger partial charge in [0.2, 0.25) is 0 Å². The quantitative estimate of drug-likeness (QED) is 0.442. The smallest absolute Gasteiger partial charge is 0.336 e. The minimum absolute atomic E-state index is 0.154. The Morgan fingerprint density at radius 3 is 2.43 bits per heavy atom. The molecule has 0 aliphatic rings. The molecule has 0 bridgehead atoms. The van der Waals surface area contributed by atoms with E-state index >= 15 is 0 Å². The van der Waals surface area contributed by atoms with Gasteiger partial charge in [0, 0.05) is 5.56 Å². The lowest BCUT2D eigenvalue weighted by Crippen LogP contribution is -2.12. The topological polar surface area (TPSA) is 88.6 Å². The van der Waals surface area contributed by atoms with Gasteiger partial charge in [0.05, 0.1) is 15.8 Å². The number of aromatic carboxylic acids is 1. The predicted octanol–water partition coefficient (Wildman–Crippen LogP) is 2.71. The van der Waals surface area contributed by atoms with Crippen LogP contribution in [0.2, 0.25) is 0 Å². The molecule has 1 aromatic heterocycles. The van der Waals surface area contributed by atoms with Gasteiger partial charge in [-0.15, -0.1) is 11.3 Å². The number of nitrogens with zero attached hydrogens (tertiary/aromatic N) is 2. The Hall–Kier alpha value is -2.73. The monoisotopic (exact) mass is 297 g/mol. The lowest BCUT2D eigenvalue weighted by Gasteiger charge is -2.05. The average molecular weight is 297 g/mol. The van der Waals surface area contributed by atoms with Crippen molar-refractivity contribution in [1.29, 1.82) is 0 Å². The van der Waals surface area contributed by atoms with E-state index in [4.69, 9.17) is 5.84 Å². The zero-order chi connectivity index (χ0) is 14.8. The van der Waals surface area contributed by atoms with Crippen LogP contribution in [0.4, 0.5) is 0 Å². The van der Waals surface area contributed by atoms with Crippen molar-refractivity contribution in [2.45, 2.75) is 0 Å². The molecule has 0 atom stereocenters. The molecule has 21 heavy (non-hydrogen) atoms. The van der Waals surface area contributed by atoms with Gasteiger partial charge in [-0.25, -0.2) is 9.78 Å². The number of aromatic nitrogens is 1. The van der Waals surface area contributed by atoms with Crippen molar-refractivity contribution in [3.63, 3.8) is 0 Å². The van der Waals surface area contributed by atoms with Crippen LogP contribution in [0.15, 0.2) is 53.6 Å². The van der Waals surface area contributed by atoms with Gasteiger partial charge in [-0.1, -0.05) is 30.3 Å². The van der Waals surface area contributed by atoms with Gasteiger partial charge in [0.1, 0.15) is 10.7 Å². The van der Waals surface area contributed by atoms with E-state index in [1.807, 2.05) is 24.3 Å². The molecule has 5 nitrogen and oxygen atoms in total. The summed E-state index contributed by atoms with van der Waals surface area (Å²) in [4.78, 5) is 15.8. The predicted molar refractivity (Wildman–Crippen MR) is 82.8 cm³/mol. The van der Waals surface area contributed by atoms with Crippen LogP contribution in [-0.2, 0) is 0 Å². The molecule has 0 saturated carbocycles. The Bertz CT molecular complexity index is 822. The number of para-hydroxylation sites is 1. The summed E-state index contributed by atoms with van der Waals surface area (Å²) < 4.78 is 1.00. The zero-order valence-electron chi connectivity index (χ0n) is 10.9. The average Bonchev–Trinajstić information content (AvgIpc) is 2.92. The second kappa shape index (κ2) is 5.34. The normalized spacial score (nSPS) is 11.7. The second-order valence-electron chi connectivity index (χ2n) is 4.32. The van der Waals surface area contributed by atoms with Crippen LogP contribution in [-0.4, -0.2) is 21.8 Å². The standard InChI is InChI=1S/C15H11N3O2S/c16-18-13(9-5-1-2-6-10(9)15(19)20)14-17-11-7-3-4-8-12(11)21-14/h1-8H,16H2,(H,19,20)/b18-13+. The number of nitrogens with two attached hydrogens (primary N) is 1. The fourth-order valence-electron chi connectivity index (χ4n) is 2.09. The summed E-state index contributed by atoms with van der Waals surface area (Å²) in [6.45, 7) is 0. The molecule has 1 heterocycles. The largest absolute Gasteiger partial charge is 0.478 e. The maximum atomic E-state index is 11.3. The molecule has 0 fully saturated rings. The van der Waals surface area contributed by atoms with Gasteiger partial charge in [0.25, 0.3) is 0 Å². The van der Waals surface area contributed by atoms with Crippen molar-refractivity contribution in [3.05, 3.63) is 64.7 Å². The number of thiazole rings is 1. The lowest BCUT2D eigenvalue weighted by atomic mass is 10.0. The Balaban J connectivity index is 2.17. The first-order chi connectivity index (χ1) is 10.2. The van der Waals surface area contributed by atoms with Crippen molar-refractivity contribution in [1.82, 2.24) is 4.98 Å². The van der Waals surface area contributed by atoms with E-state index in [0.29, 0.717) is 16.3 Å². The Labute approximate surface area is 124 Å². The zero-order valence-corrected chi connectivity index (χ0v) is 11.7. The maximum absolute atomic E-state index is 11.3. The number of fused-ring (bicyclic) bond motifs is 1. The number of hydrogen-bond acceptors (Lipinski definition) is 5. The highest BCUT2D eigenvalue weighted by Gasteiger charge is 2.18. The maximum Gasteiger partial charge on any atom is 0.336 e. The van der Waals surface area contributed by atoms with E-state index in [0.717, 1.165) is 10.2 Å². The van der Waals surface area contributed by atoms with Crippen LogP contribution in [0, 0.1) is 0 Å². The van der Waals surface area contributed by atoms with E-state index in [1.165, 1.54) is 17.4 Å². The Morgan fingerprint density at radius 1 is 1.10 bits per heavy atom. The van der Waals surface area contributed by atoms with Crippen LogP contribution in [0.1, 0.15) is 20.9 Å². The summed E-state index contributed by atoms with van der Waals surface area (Å²) in [7, 11) is 0. The first-order valence-corrected chi connectivity index (χ1v) is 6.99. The molecule has 6 heteroatoms. The summed E-state index contributed by atoms with van der Waals surface area (Å²) in [5.41, 5.74) is 1.84. The molecule has 0 spiro atoms. The van der Waals surface area contributed by atoms with Crippen molar-refractivity contribution in [2.75, 3.05) is 0 Å². The lowest BCUT2D eigenvalue weighted by molar-refractivity contribution is 0.0696. The highest BCUT2D eigenvalue weighted by Crippen LogP contribution is 2.25. The summed E-state index contributed by atoms with van der Waals surface area (Å²) in [5, 5.41) is 13.7. The van der Waals surface area contributed by atoms with Crippen LogP contribution >= 0.6 is 11.3 Å². The summed E-state index contributed by atoms with van der Waals surface area (Å²) in [5.74, 6) is 4.47. The third-order valence-electron chi connectivity index (χ3n) is 3.04. The minimum atomic E-state index is -1.02. The number of benzene rings is 2. The van der Waals surface area contributed by atoms with Crippen molar-refractivity contribution < 1.29 is 9.90 Å². The number of rotatable bonds is 3. The molecule has 104 valence electrons. The van der Waals surface area contributed by atoms with Crippen molar-refractivity contribution in [3.8, 4) is 0 Å². The van der Waals surface area contributed by atoms with Gasteiger partial charge in [-0.05, 0) is 18.2 Å². The Morgan fingerprint density at radius 2 is 1.76 bits per heavy atom. The molecule has 2 aromatic carbocycles. The van der Waals surface area contributed by atoms with Gasteiger partial charge < -0.3 is 10.9 Å². The van der Waals surface area contributed by atoms with Gasteiger partial charge in [0.15, 0.2) is 0 Å². The number of carboxylic acids is 1. The van der Waals surface area contributed by atoms with Gasteiger partial charge >= 0.3 is 5.97 Å². The third kappa shape index (κ3) is 2.36.